The van der Waals surface area contributed by atoms with Crippen LogP contribution < -0.4 is 5.32 Å². The quantitative estimate of drug-likeness (QED) is 0.850. The molecule has 1 aromatic heterocycles. The Morgan fingerprint density at radius 1 is 1.53 bits per heavy atom. The van der Waals surface area contributed by atoms with Gasteiger partial charge in [-0.3, -0.25) is 4.90 Å². The van der Waals surface area contributed by atoms with Crippen molar-refractivity contribution in [3.63, 3.8) is 0 Å². The highest BCUT2D eigenvalue weighted by Crippen LogP contribution is 2.10. The van der Waals surface area contributed by atoms with Gasteiger partial charge in [-0.1, -0.05) is 19.0 Å². The van der Waals surface area contributed by atoms with Crippen LogP contribution >= 0.6 is 0 Å². The summed E-state index contributed by atoms with van der Waals surface area (Å²) < 4.78 is 5.29. The fourth-order valence-electron chi connectivity index (χ4n) is 2.09. The first-order valence-corrected chi connectivity index (χ1v) is 6.41. The standard InChI is InChI=1S/C12H22N4O/c1-9(2)6-11-14-12(17-15-11)8-16-5-4-13-7-10(16)3/h9-10,13H,4-8H2,1-3H3/t10-/m1/s1. The van der Waals surface area contributed by atoms with Gasteiger partial charge in [0.2, 0.25) is 5.89 Å². The van der Waals surface area contributed by atoms with Crippen molar-refractivity contribution < 1.29 is 4.52 Å². The van der Waals surface area contributed by atoms with E-state index in [1.807, 2.05) is 0 Å². The van der Waals surface area contributed by atoms with E-state index in [2.05, 4.69) is 41.1 Å². The smallest absolute Gasteiger partial charge is 0.240 e. The van der Waals surface area contributed by atoms with Crippen molar-refractivity contribution in [3.8, 4) is 0 Å². The van der Waals surface area contributed by atoms with E-state index in [4.69, 9.17) is 4.52 Å². The normalized spacial score (nSPS) is 22.2. The van der Waals surface area contributed by atoms with E-state index in [0.29, 0.717) is 12.0 Å². The number of rotatable bonds is 4. The minimum atomic E-state index is 0.532. The molecule has 5 heteroatoms. The van der Waals surface area contributed by atoms with Crippen LogP contribution in [0, 0.1) is 5.92 Å². The lowest BCUT2D eigenvalue weighted by Crippen LogP contribution is -2.49. The lowest BCUT2D eigenvalue weighted by Gasteiger charge is -2.32. The molecule has 1 aromatic rings. The van der Waals surface area contributed by atoms with Gasteiger partial charge in [0.05, 0.1) is 6.54 Å². The zero-order chi connectivity index (χ0) is 12.3. The molecule has 2 rings (SSSR count). The number of hydrogen-bond acceptors (Lipinski definition) is 5. The molecule has 1 fully saturated rings. The monoisotopic (exact) mass is 238 g/mol. The highest BCUT2D eigenvalue weighted by molar-refractivity contribution is 4.89. The SMILES string of the molecule is CC(C)Cc1noc(CN2CCNC[C@H]2C)n1. The molecule has 96 valence electrons. The summed E-state index contributed by atoms with van der Waals surface area (Å²) in [7, 11) is 0. The Morgan fingerprint density at radius 3 is 3.06 bits per heavy atom. The molecule has 0 amide bonds. The van der Waals surface area contributed by atoms with Crippen LogP contribution in [-0.2, 0) is 13.0 Å². The van der Waals surface area contributed by atoms with Gasteiger partial charge in [0.15, 0.2) is 5.82 Å². The van der Waals surface area contributed by atoms with Gasteiger partial charge in [-0.2, -0.15) is 4.98 Å². The molecule has 1 N–H and O–H groups in total. The first-order chi connectivity index (χ1) is 8.15. The highest BCUT2D eigenvalue weighted by Gasteiger charge is 2.20. The molecule has 0 aliphatic carbocycles. The van der Waals surface area contributed by atoms with Gasteiger partial charge in [0, 0.05) is 32.1 Å². The Morgan fingerprint density at radius 2 is 2.35 bits per heavy atom. The lowest BCUT2D eigenvalue weighted by molar-refractivity contribution is 0.146. The molecular formula is C12H22N4O. The first-order valence-electron chi connectivity index (χ1n) is 6.41. The largest absolute Gasteiger partial charge is 0.338 e. The average Bonchev–Trinajstić information content (AvgIpc) is 2.68. The van der Waals surface area contributed by atoms with E-state index in [1.165, 1.54) is 0 Å². The van der Waals surface area contributed by atoms with Crippen LogP contribution in [0.3, 0.4) is 0 Å². The summed E-state index contributed by atoms with van der Waals surface area (Å²) in [5.41, 5.74) is 0. The van der Waals surface area contributed by atoms with Crippen LogP contribution in [0.2, 0.25) is 0 Å². The Kier molecular flexibility index (Phi) is 4.12. The maximum Gasteiger partial charge on any atom is 0.240 e. The summed E-state index contributed by atoms with van der Waals surface area (Å²) in [5, 5.41) is 7.39. The molecule has 0 aromatic carbocycles. The summed E-state index contributed by atoms with van der Waals surface area (Å²) in [6.45, 7) is 10.4. The molecule has 2 heterocycles. The van der Waals surface area contributed by atoms with Crippen molar-refractivity contribution >= 4 is 0 Å². The number of hydrogen-bond donors (Lipinski definition) is 1. The van der Waals surface area contributed by atoms with Crippen molar-refractivity contribution in [1.29, 1.82) is 0 Å². The molecule has 0 spiro atoms. The van der Waals surface area contributed by atoms with E-state index >= 15 is 0 Å². The zero-order valence-corrected chi connectivity index (χ0v) is 10.9. The summed E-state index contributed by atoms with van der Waals surface area (Å²) in [6, 6.07) is 0.532. The number of nitrogens with zero attached hydrogens (tertiary/aromatic N) is 3. The molecule has 0 radical (unpaired) electrons. The van der Waals surface area contributed by atoms with Gasteiger partial charge in [0.25, 0.3) is 0 Å². The van der Waals surface area contributed by atoms with Crippen LogP contribution in [-0.4, -0.2) is 40.7 Å². The van der Waals surface area contributed by atoms with Gasteiger partial charge in [-0.15, -0.1) is 0 Å². The summed E-state index contributed by atoms with van der Waals surface area (Å²) in [4.78, 5) is 6.82. The molecule has 17 heavy (non-hydrogen) atoms. The third-order valence-corrected chi connectivity index (χ3v) is 3.08. The van der Waals surface area contributed by atoms with Gasteiger partial charge < -0.3 is 9.84 Å². The average molecular weight is 238 g/mol. The molecule has 1 aliphatic rings. The highest BCUT2D eigenvalue weighted by atomic mass is 16.5. The van der Waals surface area contributed by atoms with Gasteiger partial charge >= 0.3 is 0 Å². The fourth-order valence-corrected chi connectivity index (χ4v) is 2.09. The van der Waals surface area contributed by atoms with Crippen LogP contribution in [0.4, 0.5) is 0 Å². The van der Waals surface area contributed by atoms with Crippen molar-refractivity contribution in [2.45, 2.75) is 39.8 Å². The summed E-state index contributed by atoms with van der Waals surface area (Å²) >= 11 is 0. The fraction of sp³-hybridized carbons (Fsp3) is 0.833. The van der Waals surface area contributed by atoms with E-state index in [-0.39, 0.29) is 0 Å². The molecule has 5 nitrogen and oxygen atoms in total. The minimum Gasteiger partial charge on any atom is -0.338 e. The molecule has 0 bridgehead atoms. The summed E-state index contributed by atoms with van der Waals surface area (Å²) in [6.07, 6.45) is 0.889. The van der Waals surface area contributed by atoms with Gasteiger partial charge in [-0.05, 0) is 12.8 Å². The molecule has 1 atom stereocenters. The Hall–Kier alpha value is -0.940. The molecule has 1 aliphatic heterocycles. The first kappa shape index (κ1) is 12.5. The maximum atomic E-state index is 5.29. The number of aromatic nitrogens is 2. The Labute approximate surface area is 103 Å². The van der Waals surface area contributed by atoms with E-state index in [9.17, 15) is 0 Å². The van der Waals surface area contributed by atoms with Crippen LogP contribution in [0.5, 0.6) is 0 Å². The molecule has 0 saturated carbocycles. The third-order valence-electron chi connectivity index (χ3n) is 3.08. The second-order valence-electron chi connectivity index (χ2n) is 5.23. The van der Waals surface area contributed by atoms with Crippen LogP contribution in [0.25, 0.3) is 0 Å². The van der Waals surface area contributed by atoms with E-state index in [1.54, 1.807) is 0 Å². The third kappa shape index (κ3) is 3.51. The number of piperazine rings is 1. The van der Waals surface area contributed by atoms with E-state index < -0.39 is 0 Å². The Balaban J connectivity index is 1.91. The van der Waals surface area contributed by atoms with Crippen molar-refractivity contribution in [1.82, 2.24) is 20.4 Å². The second kappa shape index (κ2) is 5.60. The molecule has 1 saturated heterocycles. The van der Waals surface area contributed by atoms with Gasteiger partial charge in [-0.25, -0.2) is 0 Å². The predicted molar refractivity (Wildman–Crippen MR) is 65.6 cm³/mol. The predicted octanol–water partition coefficient (Wildman–Crippen LogP) is 1.06. The Bertz CT molecular complexity index is 350. The number of nitrogens with one attached hydrogen (secondary N) is 1. The zero-order valence-electron chi connectivity index (χ0n) is 10.9. The topological polar surface area (TPSA) is 54.2 Å². The van der Waals surface area contributed by atoms with Crippen molar-refractivity contribution in [2.75, 3.05) is 19.6 Å². The van der Waals surface area contributed by atoms with Crippen molar-refractivity contribution in [2.24, 2.45) is 5.92 Å². The maximum absolute atomic E-state index is 5.29. The minimum absolute atomic E-state index is 0.532. The molecular weight excluding hydrogens is 216 g/mol. The summed E-state index contributed by atoms with van der Waals surface area (Å²) in [5.74, 6) is 2.14. The second-order valence-corrected chi connectivity index (χ2v) is 5.23. The van der Waals surface area contributed by atoms with Crippen LogP contribution in [0.15, 0.2) is 4.52 Å². The van der Waals surface area contributed by atoms with Gasteiger partial charge in [0.1, 0.15) is 0 Å². The van der Waals surface area contributed by atoms with Crippen LogP contribution in [0.1, 0.15) is 32.5 Å². The lowest BCUT2D eigenvalue weighted by atomic mass is 10.1. The molecule has 0 unspecified atom stereocenters. The van der Waals surface area contributed by atoms with E-state index in [0.717, 1.165) is 44.3 Å². The van der Waals surface area contributed by atoms with Crippen molar-refractivity contribution in [3.05, 3.63) is 11.7 Å².